The van der Waals surface area contributed by atoms with Gasteiger partial charge in [-0.25, -0.2) is 4.79 Å². The summed E-state index contributed by atoms with van der Waals surface area (Å²) in [5.41, 5.74) is -0.529. The number of hydrogen-bond acceptors (Lipinski definition) is 5. The average Bonchev–Trinajstić information content (AvgIpc) is 3.16. The molecule has 0 radical (unpaired) electrons. The van der Waals surface area contributed by atoms with Gasteiger partial charge in [-0.05, 0) is 19.3 Å². The molecule has 3 heterocycles. The number of nitrogens with one attached hydrogen (secondary N) is 1. The van der Waals surface area contributed by atoms with Crippen LogP contribution in [0.15, 0.2) is 0 Å². The number of likely N-dealkylation sites (tertiary alicyclic amines) is 2. The van der Waals surface area contributed by atoms with Crippen LogP contribution < -0.4 is 5.32 Å². The molecule has 5 amide bonds. The van der Waals surface area contributed by atoms with Crippen molar-refractivity contribution in [2.75, 3.05) is 53.0 Å². The number of imide groups is 1. The maximum absolute atomic E-state index is 12.9. The molecule has 1 N–H and O–H groups in total. The molecule has 25 heavy (non-hydrogen) atoms. The minimum Gasteiger partial charge on any atom is -0.383 e. The summed E-state index contributed by atoms with van der Waals surface area (Å²) >= 11 is 0. The van der Waals surface area contributed by atoms with Gasteiger partial charge in [0.2, 0.25) is 11.8 Å². The van der Waals surface area contributed by atoms with Crippen molar-refractivity contribution in [3.8, 4) is 0 Å². The van der Waals surface area contributed by atoms with Crippen LogP contribution in [0, 0.1) is 5.41 Å². The van der Waals surface area contributed by atoms with Crippen molar-refractivity contribution >= 4 is 23.8 Å². The second-order valence-electron chi connectivity index (χ2n) is 6.87. The summed E-state index contributed by atoms with van der Waals surface area (Å²) < 4.78 is 5.06. The van der Waals surface area contributed by atoms with Crippen molar-refractivity contribution in [1.29, 1.82) is 0 Å². The molecule has 0 saturated carbocycles. The zero-order valence-corrected chi connectivity index (χ0v) is 14.5. The van der Waals surface area contributed by atoms with Gasteiger partial charge in [-0.3, -0.25) is 19.3 Å². The summed E-state index contributed by atoms with van der Waals surface area (Å²) in [7, 11) is 1.61. The number of amides is 5. The number of hydrogen-bond donors (Lipinski definition) is 1. The molecule has 0 aromatic rings. The Morgan fingerprint density at radius 1 is 1.24 bits per heavy atom. The molecule has 1 spiro atoms. The number of piperidine rings is 1. The molecule has 3 saturated heterocycles. The van der Waals surface area contributed by atoms with E-state index in [1.807, 2.05) is 4.90 Å². The molecule has 0 aromatic carbocycles. The predicted octanol–water partition coefficient (Wildman–Crippen LogP) is -0.974. The molecule has 1 atom stereocenters. The standard InChI is InChI=1S/C16H24N4O5/c1-25-8-7-18-5-2-3-16(14(18)23)4-6-19(11-16)13(22)10-20-12(21)9-17-15(20)24/h2-11H2,1H3,(H,17,24)/t16-/m0/s1. The maximum Gasteiger partial charge on any atom is 0.325 e. The minimum atomic E-state index is -0.535. The number of nitrogens with zero attached hydrogens (tertiary/aromatic N) is 3. The fourth-order valence-corrected chi connectivity index (χ4v) is 3.88. The zero-order chi connectivity index (χ0) is 18.0. The van der Waals surface area contributed by atoms with Crippen LogP contribution in [-0.4, -0.2) is 91.4 Å². The van der Waals surface area contributed by atoms with Crippen molar-refractivity contribution < 1.29 is 23.9 Å². The summed E-state index contributed by atoms with van der Waals surface area (Å²) in [6, 6.07) is -0.535. The topological polar surface area (TPSA) is 99.3 Å². The Hall–Kier alpha value is -2.16. The van der Waals surface area contributed by atoms with E-state index in [1.54, 1.807) is 12.0 Å². The zero-order valence-electron chi connectivity index (χ0n) is 14.5. The van der Waals surface area contributed by atoms with Gasteiger partial charge in [-0.1, -0.05) is 0 Å². The van der Waals surface area contributed by atoms with E-state index in [4.69, 9.17) is 4.74 Å². The number of rotatable bonds is 5. The Kier molecular flexibility index (Phi) is 4.94. The average molecular weight is 352 g/mol. The van der Waals surface area contributed by atoms with Crippen LogP contribution in [0.5, 0.6) is 0 Å². The van der Waals surface area contributed by atoms with Gasteiger partial charge in [0, 0.05) is 33.3 Å². The van der Waals surface area contributed by atoms with E-state index < -0.39 is 17.4 Å². The lowest BCUT2D eigenvalue weighted by atomic mass is 9.78. The highest BCUT2D eigenvalue weighted by atomic mass is 16.5. The molecule has 138 valence electrons. The molecule has 3 aliphatic heterocycles. The van der Waals surface area contributed by atoms with Crippen molar-refractivity contribution in [2.24, 2.45) is 5.41 Å². The third kappa shape index (κ3) is 3.33. The molecular weight excluding hydrogens is 328 g/mol. The molecule has 0 unspecified atom stereocenters. The molecule has 0 bridgehead atoms. The van der Waals surface area contributed by atoms with Gasteiger partial charge < -0.3 is 19.9 Å². The maximum atomic E-state index is 12.9. The molecule has 3 fully saturated rings. The predicted molar refractivity (Wildman–Crippen MR) is 86.4 cm³/mol. The number of carbonyl (C=O) groups is 4. The van der Waals surface area contributed by atoms with Gasteiger partial charge in [0.05, 0.1) is 18.6 Å². The Labute approximate surface area is 146 Å². The van der Waals surface area contributed by atoms with Gasteiger partial charge in [-0.15, -0.1) is 0 Å². The van der Waals surface area contributed by atoms with Gasteiger partial charge >= 0.3 is 6.03 Å². The van der Waals surface area contributed by atoms with E-state index in [0.717, 1.165) is 24.3 Å². The normalized spacial score (nSPS) is 26.8. The fraction of sp³-hybridized carbons (Fsp3) is 0.750. The molecule has 3 aliphatic rings. The van der Waals surface area contributed by atoms with Crippen molar-refractivity contribution in [2.45, 2.75) is 19.3 Å². The van der Waals surface area contributed by atoms with E-state index >= 15 is 0 Å². The number of urea groups is 1. The third-order valence-electron chi connectivity index (χ3n) is 5.33. The van der Waals surface area contributed by atoms with Gasteiger partial charge in [0.25, 0.3) is 5.91 Å². The Morgan fingerprint density at radius 2 is 2.04 bits per heavy atom. The Balaban J connectivity index is 1.62. The molecule has 9 heteroatoms. The van der Waals surface area contributed by atoms with Gasteiger partial charge in [-0.2, -0.15) is 0 Å². The largest absolute Gasteiger partial charge is 0.383 e. The van der Waals surface area contributed by atoms with Gasteiger partial charge in [0.1, 0.15) is 6.54 Å². The van der Waals surface area contributed by atoms with Crippen LogP contribution in [0.4, 0.5) is 4.79 Å². The summed E-state index contributed by atoms with van der Waals surface area (Å²) in [5, 5.41) is 2.40. The number of methoxy groups -OCH3 is 1. The summed E-state index contributed by atoms with van der Waals surface area (Å²) in [6.07, 6.45) is 2.30. The van der Waals surface area contributed by atoms with E-state index in [1.165, 1.54) is 0 Å². The SMILES string of the molecule is COCCN1CCC[C@@]2(CCN(C(=O)CN3C(=O)CNC3=O)C2)C1=O. The van der Waals surface area contributed by atoms with Crippen molar-refractivity contribution in [1.82, 2.24) is 20.0 Å². The molecule has 9 nitrogen and oxygen atoms in total. The molecule has 0 aliphatic carbocycles. The molecule has 3 rings (SSSR count). The van der Waals surface area contributed by atoms with E-state index in [-0.39, 0.29) is 24.9 Å². The first kappa shape index (κ1) is 17.7. The van der Waals surface area contributed by atoms with Gasteiger partial charge in [0.15, 0.2) is 0 Å². The van der Waals surface area contributed by atoms with Crippen molar-refractivity contribution in [3.63, 3.8) is 0 Å². The highest BCUT2D eigenvalue weighted by Crippen LogP contribution is 2.40. The summed E-state index contributed by atoms with van der Waals surface area (Å²) in [5.74, 6) is -0.600. The van der Waals surface area contributed by atoms with Crippen LogP contribution in [0.2, 0.25) is 0 Å². The highest BCUT2D eigenvalue weighted by molar-refractivity contribution is 6.04. The third-order valence-corrected chi connectivity index (χ3v) is 5.33. The highest BCUT2D eigenvalue weighted by Gasteiger charge is 2.49. The van der Waals surface area contributed by atoms with E-state index in [2.05, 4.69) is 5.32 Å². The Bertz CT molecular complexity index is 579. The van der Waals surface area contributed by atoms with E-state index in [0.29, 0.717) is 32.7 Å². The van der Waals surface area contributed by atoms with Crippen LogP contribution in [0.25, 0.3) is 0 Å². The first-order valence-corrected chi connectivity index (χ1v) is 8.61. The fourth-order valence-electron chi connectivity index (χ4n) is 3.88. The lowest BCUT2D eigenvalue weighted by Crippen LogP contribution is -2.51. The monoisotopic (exact) mass is 352 g/mol. The second kappa shape index (κ2) is 6.99. The summed E-state index contributed by atoms with van der Waals surface area (Å²) in [4.78, 5) is 52.9. The molecular formula is C16H24N4O5. The number of ether oxygens (including phenoxy) is 1. The number of carbonyl (C=O) groups excluding carboxylic acids is 4. The first-order chi connectivity index (χ1) is 12.0. The van der Waals surface area contributed by atoms with Crippen LogP contribution in [0.3, 0.4) is 0 Å². The van der Waals surface area contributed by atoms with E-state index in [9.17, 15) is 19.2 Å². The minimum absolute atomic E-state index is 0.0665. The lowest BCUT2D eigenvalue weighted by Gasteiger charge is -2.39. The smallest absolute Gasteiger partial charge is 0.325 e. The Morgan fingerprint density at radius 3 is 2.72 bits per heavy atom. The van der Waals surface area contributed by atoms with Crippen molar-refractivity contribution in [3.05, 3.63) is 0 Å². The van der Waals surface area contributed by atoms with Crippen LogP contribution >= 0.6 is 0 Å². The lowest BCUT2D eigenvalue weighted by molar-refractivity contribution is -0.147. The van der Waals surface area contributed by atoms with Crippen LogP contribution in [0.1, 0.15) is 19.3 Å². The first-order valence-electron chi connectivity index (χ1n) is 8.61. The van der Waals surface area contributed by atoms with Crippen LogP contribution in [-0.2, 0) is 19.1 Å². The summed E-state index contributed by atoms with van der Waals surface area (Å²) in [6.45, 7) is 2.29. The second-order valence-corrected chi connectivity index (χ2v) is 6.87. The molecule has 0 aromatic heterocycles. The quantitative estimate of drug-likeness (QED) is 0.642.